The average molecular weight is 175 g/mol. The highest BCUT2D eigenvalue weighted by atomic mass is 16.3. The Kier molecular flexibility index (Phi) is 7.45. The molecule has 3 nitrogen and oxygen atoms in total. The lowest BCUT2D eigenvalue weighted by Crippen LogP contribution is -2.33. The molecule has 0 saturated heterocycles. The molecular weight excluding hydrogens is 154 g/mol. The molecule has 0 aliphatic rings. The van der Waals surface area contributed by atoms with Crippen LogP contribution >= 0.6 is 0 Å². The third kappa shape index (κ3) is 5.52. The topological polar surface area (TPSA) is 43.7 Å². The average Bonchev–Trinajstić information content (AvgIpc) is 2.04. The molecule has 3 heteroatoms. The fraction of sp³-hybridized carbons (Fsp3) is 1.00. The van der Waals surface area contributed by atoms with E-state index in [1.807, 2.05) is 0 Å². The Morgan fingerprint density at radius 3 is 1.67 bits per heavy atom. The van der Waals surface area contributed by atoms with E-state index in [1.54, 1.807) is 0 Å². The number of hydrogen-bond acceptors (Lipinski definition) is 3. The number of rotatable bonds is 7. The minimum absolute atomic E-state index is 0.252. The summed E-state index contributed by atoms with van der Waals surface area (Å²) in [6, 6.07) is 0.503. The van der Waals surface area contributed by atoms with Gasteiger partial charge in [-0.25, -0.2) is 0 Å². The third-order valence-electron chi connectivity index (χ3n) is 1.94. The maximum atomic E-state index is 8.65. The lowest BCUT2D eigenvalue weighted by molar-refractivity contribution is 0.173. The van der Waals surface area contributed by atoms with Gasteiger partial charge in [-0.2, -0.15) is 0 Å². The first-order valence-corrected chi connectivity index (χ1v) is 4.68. The van der Waals surface area contributed by atoms with Crippen molar-refractivity contribution in [2.24, 2.45) is 0 Å². The van der Waals surface area contributed by atoms with Crippen LogP contribution in [0.15, 0.2) is 0 Å². The van der Waals surface area contributed by atoms with Crippen LogP contribution in [-0.2, 0) is 0 Å². The normalized spacial score (nSPS) is 11.5. The Hall–Kier alpha value is -0.120. The van der Waals surface area contributed by atoms with Gasteiger partial charge in [-0.1, -0.05) is 0 Å². The quantitative estimate of drug-likeness (QED) is 0.591. The first kappa shape index (κ1) is 11.9. The van der Waals surface area contributed by atoms with E-state index in [2.05, 4.69) is 18.7 Å². The van der Waals surface area contributed by atoms with E-state index >= 15 is 0 Å². The number of nitrogens with zero attached hydrogens (tertiary/aromatic N) is 1. The Morgan fingerprint density at radius 1 is 1.00 bits per heavy atom. The molecule has 12 heavy (non-hydrogen) atoms. The minimum atomic E-state index is 0.252. The lowest BCUT2D eigenvalue weighted by Gasteiger charge is -2.25. The first-order valence-electron chi connectivity index (χ1n) is 4.68. The molecule has 0 aromatic carbocycles. The van der Waals surface area contributed by atoms with Gasteiger partial charge in [0.2, 0.25) is 0 Å². The van der Waals surface area contributed by atoms with Gasteiger partial charge in [0.25, 0.3) is 0 Å². The molecule has 0 saturated carbocycles. The maximum Gasteiger partial charge on any atom is 0.0443 e. The molecule has 0 unspecified atom stereocenters. The van der Waals surface area contributed by atoms with E-state index in [9.17, 15) is 0 Å². The summed E-state index contributed by atoms with van der Waals surface area (Å²) < 4.78 is 0. The van der Waals surface area contributed by atoms with Crippen LogP contribution in [0.25, 0.3) is 0 Å². The van der Waals surface area contributed by atoms with Crippen molar-refractivity contribution in [3.8, 4) is 0 Å². The van der Waals surface area contributed by atoms with Crippen LogP contribution in [0.3, 0.4) is 0 Å². The number of aliphatic hydroxyl groups excluding tert-OH is 2. The highest BCUT2D eigenvalue weighted by Gasteiger charge is 2.07. The van der Waals surface area contributed by atoms with E-state index in [0.717, 1.165) is 25.9 Å². The highest BCUT2D eigenvalue weighted by molar-refractivity contribution is 4.62. The van der Waals surface area contributed by atoms with Crippen molar-refractivity contribution in [2.75, 3.05) is 26.3 Å². The van der Waals surface area contributed by atoms with Gasteiger partial charge in [0.1, 0.15) is 0 Å². The van der Waals surface area contributed by atoms with Crippen LogP contribution in [0.2, 0.25) is 0 Å². The van der Waals surface area contributed by atoms with E-state index in [-0.39, 0.29) is 13.2 Å². The van der Waals surface area contributed by atoms with Crippen molar-refractivity contribution < 1.29 is 10.2 Å². The van der Waals surface area contributed by atoms with Crippen molar-refractivity contribution >= 4 is 0 Å². The zero-order valence-electron chi connectivity index (χ0n) is 8.16. The summed E-state index contributed by atoms with van der Waals surface area (Å²) in [5, 5.41) is 17.3. The van der Waals surface area contributed by atoms with Crippen LogP contribution in [0, 0.1) is 0 Å². The molecule has 0 spiro atoms. The van der Waals surface area contributed by atoms with E-state index < -0.39 is 0 Å². The summed E-state index contributed by atoms with van der Waals surface area (Å²) >= 11 is 0. The molecule has 0 aliphatic heterocycles. The molecule has 2 N–H and O–H groups in total. The van der Waals surface area contributed by atoms with E-state index in [4.69, 9.17) is 10.2 Å². The summed E-state index contributed by atoms with van der Waals surface area (Å²) in [4.78, 5) is 2.27. The van der Waals surface area contributed by atoms with Crippen molar-refractivity contribution in [1.82, 2.24) is 4.90 Å². The van der Waals surface area contributed by atoms with Crippen molar-refractivity contribution in [2.45, 2.75) is 32.7 Å². The first-order chi connectivity index (χ1) is 5.72. The zero-order chi connectivity index (χ0) is 9.40. The van der Waals surface area contributed by atoms with Gasteiger partial charge in [-0.05, 0) is 26.7 Å². The van der Waals surface area contributed by atoms with E-state index in [0.29, 0.717) is 6.04 Å². The molecular formula is C9H21NO2. The number of aliphatic hydroxyl groups is 2. The van der Waals surface area contributed by atoms with Gasteiger partial charge >= 0.3 is 0 Å². The monoisotopic (exact) mass is 175 g/mol. The second-order valence-electron chi connectivity index (χ2n) is 3.28. The molecule has 0 aromatic rings. The summed E-state index contributed by atoms with van der Waals surface area (Å²) in [6.45, 7) is 6.62. The summed E-state index contributed by atoms with van der Waals surface area (Å²) in [5.41, 5.74) is 0. The van der Waals surface area contributed by atoms with Crippen LogP contribution < -0.4 is 0 Å². The molecule has 0 aromatic heterocycles. The largest absolute Gasteiger partial charge is 0.396 e. The second kappa shape index (κ2) is 7.53. The smallest absolute Gasteiger partial charge is 0.0443 e. The standard InChI is InChI=1S/C9H21NO2/c1-9(2)10(5-3-7-11)6-4-8-12/h9,11-12H,3-8H2,1-2H3. The summed E-state index contributed by atoms with van der Waals surface area (Å²) in [6.07, 6.45) is 1.65. The second-order valence-corrected chi connectivity index (χ2v) is 3.28. The summed E-state index contributed by atoms with van der Waals surface area (Å²) in [7, 11) is 0. The molecule has 0 radical (unpaired) electrons. The highest BCUT2D eigenvalue weighted by Crippen LogP contribution is 2.00. The molecule has 74 valence electrons. The fourth-order valence-electron chi connectivity index (χ4n) is 1.18. The van der Waals surface area contributed by atoms with Gasteiger partial charge in [-0.15, -0.1) is 0 Å². The summed E-state index contributed by atoms with van der Waals surface area (Å²) in [5.74, 6) is 0. The maximum absolute atomic E-state index is 8.65. The lowest BCUT2D eigenvalue weighted by atomic mass is 10.2. The molecule has 0 rings (SSSR count). The van der Waals surface area contributed by atoms with Crippen LogP contribution in [0.4, 0.5) is 0 Å². The Bertz CT molecular complexity index is 88.5. The van der Waals surface area contributed by atoms with E-state index in [1.165, 1.54) is 0 Å². The van der Waals surface area contributed by atoms with Crippen molar-refractivity contribution in [3.05, 3.63) is 0 Å². The SMILES string of the molecule is CC(C)N(CCCO)CCCO. The predicted molar refractivity (Wildman–Crippen MR) is 50.1 cm³/mol. The Labute approximate surface area is 75.0 Å². The van der Waals surface area contributed by atoms with Crippen molar-refractivity contribution in [3.63, 3.8) is 0 Å². The van der Waals surface area contributed by atoms with Gasteiger partial charge in [0, 0.05) is 32.3 Å². The van der Waals surface area contributed by atoms with Crippen molar-refractivity contribution in [1.29, 1.82) is 0 Å². The van der Waals surface area contributed by atoms with Gasteiger partial charge in [-0.3, -0.25) is 0 Å². The molecule has 0 heterocycles. The van der Waals surface area contributed by atoms with Crippen LogP contribution in [-0.4, -0.2) is 47.5 Å². The fourth-order valence-corrected chi connectivity index (χ4v) is 1.18. The molecule has 0 aliphatic carbocycles. The third-order valence-corrected chi connectivity index (χ3v) is 1.94. The van der Waals surface area contributed by atoms with Crippen LogP contribution in [0.5, 0.6) is 0 Å². The molecule has 0 atom stereocenters. The Morgan fingerprint density at radius 2 is 1.42 bits per heavy atom. The Balaban J connectivity index is 3.55. The zero-order valence-corrected chi connectivity index (χ0v) is 8.16. The molecule has 0 bridgehead atoms. The predicted octanol–water partition coefficient (Wildman–Crippen LogP) is 0.462. The van der Waals surface area contributed by atoms with Gasteiger partial charge < -0.3 is 15.1 Å². The number of hydrogen-bond donors (Lipinski definition) is 2. The molecule has 0 amide bonds. The minimum Gasteiger partial charge on any atom is -0.396 e. The van der Waals surface area contributed by atoms with Crippen LogP contribution in [0.1, 0.15) is 26.7 Å². The van der Waals surface area contributed by atoms with Gasteiger partial charge in [0.15, 0.2) is 0 Å². The van der Waals surface area contributed by atoms with Gasteiger partial charge in [0.05, 0.1) is 0 Å². The molecule has 0 fully saturated rings.